The normalized spacial score (nSPS) is 11.3. The summed E-state index contributed by atoms with van der Waals surface area (Å²) in [6.07, 6.45) is 0.817. The van der Waals surface area contributed by atoms with E-state index in [0.29, 0.717) is 11.7 Å². The van der Waals surface area contributed by atoms with Gasteiger partial charge in [-0.2, -0.15) is 0 Å². The van der Waals surface area contributed by atoms with Crippen molar-refractivity contribution in [3.63, 3.8) is 0 Å². The minimum Gasteiger partial charge on any atom is -0.340 e. The van der Waals surface area contributed by atoms with Gasteiger partial charge in [-0.15, -0.1) is 0 Å². The van der Waals surface area contributed by atoms with Crippen molar-refractivity contribution in [3.05, 3.63) is 59.4 Å². The van der Waals surface area contributed by atoms with Crippen molar-refractivity contribution < 1.29 is 14.1 Å². The number of amides is 1. The number of aromatic nitrogens is 1. The van der Waals surface area contributed by atoms with Crippen LogP contribution in [0, 0.1) is 12.7 Å². The summed E-state index contributed by atoms with van der Waals surface area (Å²) in [5, 5.41) is 0.622. The Bertz CT molecular complexity index is 922. The third-order valence-electron chi connectivity index (χ3n) is 4.25. The van der Waals surface area contributed by atoms with Crippen LogP contribution in [0.15, 0.2) is 42.5 Å². The number of thiazole rings is 1. The Morgan fingerprint density at radius 3 is 2.65 bits per heavy atom. The Labute approximate surface area is 156 Å². The van der Waals surface area contributed by atoms with Gasteiger partial charge >= 0.3 is 0 Å². The van der Waals surface area contributed by atoms with E-state index in [-0.39, 0.29) is 11.5 Å². The molecule has 0 saturated carbocycles. The number of rotatable bonds is 6. The molecule has 0 saturated heterocycles. The molecule has 1 amide bonds. The Hall–Kier alpha value is -2.31. The lowest BCUT2D eigenvalue weighted by Gasteiger charge is -2.20. The first-order valence-corrected chi connectivity index (χ1v) is 9.50. The molecule has 0 aliphatic heterocycles. The fourth-order valence-electron chi connectivity index (χ4n) is 2.84. The van der Waals surface area contributed by atoms with Gasteiger partial charge in [0.1, 0.15) is 5.82 Å². The number of para-hydroxylation sites is 1. The number of nitrogens with zero attached hydrogens (tertiary/aromatic N) is 2. The molecule has 1 aromatic heterocycles. The van der Waals surface area contributed by atoms with Crippen LogP contribution in [0.2, 0.25) is 0 Å². The minimum atomic E-state index is -0.502. The predicted molar refractivity (Wildman–Crippen MR) is 105 cm³/mol. The second-order valence-corrected chi connectivity index (χ2v) is 7.67. The number of nitrogens with one attached hydrogen (secondary N) is 1. The third kappa shape index (κ3) is 3.92. The molecule has 4 nitrogen and oxygen atoms in total. The molecular weight excluding hydrogens is 349 g/mol. The molecule has 0 aliphatic rings. The number of fused-ring (bicyclic) bond motifs is 1. The summed E-state index contributed by atoms with van der Waals surface area (Å²) in [4.78, 5) is 20.7. The van der Waals surface area contributed by atoms with Gasteiger partial charge in [-0.25, -0.2) is 9.37 Å². The SMILES string of the molecule is Cc1cccc2sc(N(CCC[NH+](C)C)C(=O)c3ccccc3F)nc12. The van der Waals surface area contributed by atoms with Gasteiger partial charge in [0.15, 0.2) is 5.13 Å². The predicted octanol–water partition coefficient (Wildman–Crippen LogP) is 2.93. The second-order valence-electron chi connectivity index (χ2n) is 6.67. The number of halogens is 1. The first-order chi connectivity index (χ1) is 12.5. The molecule has 26 heavy (non-hydrogen) atoms. The summed E-state index contributed by atoms with van der Waals surface area (Å²) in [7, 11) is 4.15. The van der Waals surface area contributed by atoms with Gasteiger partial charge in [0.2, 0.25) is 0 Å². The number of carbonyl (C=O) groups excluding carboxylic acids is 1. The highest BCUT2D eigenvalue weighted by atomic mass is 32.1. The highest BCUT2D eigenvalue weighted by molar-refractivity contribution is 7.22. The smallest absolute Gasteiger partial charge is 0.263 e. The van der Waals surface area contributed by atoms with E-state index < -0.39 is 5.82 Å². The molecule has 0 spiro atoms. The number of aryl methyl sites for hydroxylation is 1. The molecule has 3 rings (SSSR count). The first-order valence-electron chi connectivity index (χ1n) is 8.69. The highest BCUT2D eigenvalue weighted by Crippen LogP contribution is 2.31. The zero-order valence-electron chi connectivity index (χ0n) is 15.3. The van der Waals surface area contributed by atoms with E-state index in [2.05, 4.69) is 19.1 Å². The zero-order valence-corrected chi connectivity index (χ0v) is 16.1. The molecule has 6 heteroatoms. The molecule has 0 atom stereocenters. The van der Waals surface area contributed by atoms with Gasteiger partial charge in [-0.1, -0.05) is 35.6 Å². The number of quaternary nitrogens is 1. The number of hydrogen-bond donors (Lipinski definition) is 1. The molecule has 0 fully saturated rings. The van der Waals surface area contributed by atoms with Gasteiger partial charge in [0, 0.05) is 13.0 Å². The average molecular weight is 372 g/mol. The topological polar surface area (TPSA) is 37.6 Å². The average Bonchev–Trinajstić information content (AvgIpc) is 3.03. The summed E-state index contributed by atoms with van der Waals surface area (Å²) in [5.41, 5.74) is 2.05. The Morgan fingerprint density at radius 2 is 1.96 bits per heavy atom. The molecule has 136 valence electrons. The van der Waals surface area contributed by atoms with Crippen LogP contribution in [-0.4, -0.2) is 38.1 Å². The van der Waals surface area contributed by atoms with Crippen LogP contribution >= 0.6 is 11.3 Å². The number of benzene rings is 2. The largest absolute Gasteiger partial charge is 0.340 e. The number of hydrogen-bond acceptors (Lipinski definition) is 3. The van der Waals surface area contributed by atoms with Crippen molar-refractivity contribution in [2.75, 3.05) is 32.1 Å². The molecular formula is C20H23FN3OS+. The molecule has 0 aliphatic carbocycles. The van der Waals surface area contributed by atoms with Crippen molar-refractivity contribution in [2.24, 2.45) is 0 Å². The fraction of sp³-hybridized carbons (Fsp3) is 0.300. The van der Waals surface area contributed by atoms with E-state index in [1.54, 1.807) is 17.0 Å². The summed E-state index contributed by atoms with van der Waals surface area (Å²) in [5.74, 6) is -0.841. The van der Waals surface area contributed by atoms with Crippen molar-refractivity contribution in [1.82, 2.24) is 4.98 Å². The molecule has 0 bridgehead atoms. The lowest BCUT2D eigenvalue weighted by Crippen LogP contribution is -3.05. The summed E-state index contributed by atoms with van der Waals surface area (Å²) in [6.45, 7) is 3.44. The molecule has 0 radical (unpaired) electrons. The van der Waals surface area contributed by atoms with Gasteiger partial charge in [-0.05, 0) is 30.7 Å². The first kappa shape index (κ1) is 18.5. The van der Waals surface area contributed by atoms with E-state index in [0.717, 1.165) is 28.7 Å². The van der Waals surface area contributed by atoms with Crippen molar-refractivity contribution in [2.45, 2.75) is 13.3 Å². The zero-order chi connectivity index (χ0) is 18.7. The fourth-order valence-corrected chi connectivity index (χ4v) is 3.91. The Kier molecular flexibility index (Phi) is 5.64. The quantitative estimate of drug-likeness (QED) is 0.722. The Morgan fingerprint density at radius 1 is 1.19 bits per heavy atom. The van der Waals surface area contributed by atoms with Crippen LogP contribution < -0.4 is 9.80 Å². The molecule has 0 unspecified atom stereocenters. The summed E-state index contributed by atoms with van der Waals surface area (Å²) >= 11 is 1.47. The van der Waals surface area contributed by atoms with Crippen molar-refractivity contribution >= 4 is 32.6 Å². The Balaban J connectivity index is 1.97. The van der Waals surface area contributed by atoms with E-state index in [1.165, 1.54) is 28.4 Å². The molecule has 2 aromatic carbocycles. The van der Waals surface area contributed by atoms with Crippen LogP contribution in [0.3, 0.4) is 0 Å². The van der Waals surface area contributed by atoms with Crippen molar-refractivity contribution in [1.29, 1.82) is 0 Å². The highest BCUT2D eigenvalue weighted by Gasteiger charge is 2.23. The number of anilines is 1. The van der Waals surface area contributed by atoms with Crippen LogP contribution in [-0.2, 0) is 0 Å². The monoisotopic (exact) mass is 372 g/mol. The van der Waals surface area contributed by atoms with Gasteiger partial charge in [0.25, 0.3) is 5.91 Å². The van der Waals surface area contributed by atoms with Crippen molar-refractivity contribution in [3.8, 4) is 0 Å². The van der Waals surface area contributed by atoms with Gasteiger partial charge < -0.3 is 4.90 Å². The van der Waals surface area contributed by atoms with E-state index in [9.17, 15) is 9.18 Å². The van der Waals surface area contributed by atoms with Crippen LogP contribution in [0.5, 0.6) is 0 Å². The number of carbonyl (C=O) groups is 1. The molecule has 1 heterocycles. The maximum atomic E-state index is 14.2. The summed E-state index contributed by atoms with van der Waals surface area (Å²) < 4.78 is 15.2. The van der Waals surface area contributed by atoms with Gasteiger partial charge in [-0.3, -0.25) is 9.69 Å². The standard InChI is InChI=1S/C20H22FN3OS/c1-14-8-6-11-17-18(14)22-20(26-17)24(13-7-12-23(2)3)19(25)15-9-4-5-10-16(15)21/h4-6,8-11H,7,12-13H2,1-3H3/p+1. The van der Waals surface area contributed by atoms with E-state index in [4.69, 9.17) is 0 Å². The molecule has 1 N–H and O–H groups in total. The summed E-state index contributed by atoms with van der Waals surface area (Å²) in [6, 6.07) is 12.1. The molecule has 3 aromatic rings. The van der Waals surface area contributed by atoms with Crippen LogP contribution in [0.4, 0.5) is 9.52 Å². The second kappa shape index (κ2) is 7.93. The lowest BCUT2D eigenvalue weighted by atomic mass is 10.2. The van der Waals surface area contributed by atoms with Crippen LogP contribution in [0.25, 0.3) is 10.2 Å². The maximum Gasteiger partial charge on any atom is 0.263 e. The van der Waals surface area contributed by atoms with E-state index in [1.807, 2.05) is 25.1 Å². The van der Waals surface area contributed by atoms with Gasteiger partial charge in [0.05, 0.1) is 36.4 Å². The van der Waals surface area contributed by atoms with E-state index >= 15 is 0 Å². The third-order valence-corrected chi connectivity index (χ3v) is 5.29. The minimum absolute atomic E-state index is 0.0840. The van der Waals surface area contributed by atoms with Crippen LogP contribution in [0.1, 0.15) is 22.3 Å². The maximum absolute atomic E-state index is 14.2. The lowest BCUT2D eigenvalue weighted by molar-refractivity contribution is -0.858.